The highest BCUT2D eigenvalue weighted by atomic mass is 28.5. The number of carbonyl (C=O) groups is 1. The summed E-state index contributed by atoms with van der Waals surface area (Å²) in [5.41, 5.74) is 4.03. The zero-order valence-corrected chi connectivity index (χ0v) is 32.0. The number of nitrogens with zero attached hydrogens (tertiary/aromatic N) is 4. The minimum Gasteiger partial charge on any atom is -0.423 e. The molecule has 17 nitrogen and oxygen atoms in total. The molecule has 2 aliphatic heterocycles. The number of allylic oxidation sites excluding steroid dienone is 1. The molecule has 4 unspecified atom stereocenters. The number of benzene rings is 1. The number of aromatic nitrogens is 4. The van der Waals surface area contributed by atoms with E-state index in [-0.39, 0.29) is 63.9 Å². The van der Waals surface area contributed by atoms with Crippen LogP contribution in [-0.4, -0.2) is 72.2 Å². The summed E-state index contributed by atoms with van der Waals surface area (Å²) >= 11 is 0. The number of nitrogens with two attached hydrogens (primary N) is 1. The van der Waals surface area contributed by atoms with E-state index in [9.17, 15) is 24.5 Å². The van der Waals surface area contributed by atoms with Crippen LogP contribution in [0.2, 0.25) is 22.2 Å². The fourth-order valence-corrected chi connectivity index (χ4v) is 18.3. The van der Waals surface area contributed by atoms with Gasteiger partial charge < -0.3 is 32.9 Å². The van der Waals surface area contributed by atoms with Crippen molar-refractivity contribution in [3.8, 4) is 5.75 Å². The summed E-state index contributed by atoms with van der Waals surface area (Å²) in [6.07, 6.45) is -4.44. The van der Waals surface area contributed by atoms with Gasteiger partial charge in [0, 0.05) is 18.7 Å². The Balaban J connectivity index is 1.68. The van der Waals surface area contributed by atoms with Gasteiger partial charge in [-0.15, -0.1) is 6.58 Å². The number of nitro groups is 1. The molecule has 2 fully saturated rings. The molecule has 0 amide bonds. The second-order valence-electron chi connectivity index (χ2n) is 14.0. The van der Waals surface area contributed by atoms with E-state index in [2.05, 4.69) is 44.2 Å². The van der Waals surface area contributed by atoms with Crippen LogP contribution in [0.4, 0.5) is 16.4 Å². The fraction of sp³-hybridized carbons (Fsp3) is 0.562. The van der Waals surface area contributed by atoms with Gasteiger partial charge in [0.25, 0.3) is 11.2 Å². The zero-order valence-electron chi connectivity index (χ0n) is 30.0. The standard InChI is InChI=1S/C32H46N6O11Si2/c1-10-15-36-24-27(34-30(33)35-28(24)39)37(31(36)40)29-26(47-32(41)45-22-13-11-21(12-14-22)38(42)43)25-23(46-29)16-44-50(17(2)3,18(4)5)49-51(48-25,19(6)7)20(8)9/h10-14,17-20,23,25-26,29H,1,15-16H2,2-9H3,(H3,33,34,35,39). The first-order valence-electron chi connectivity index (χ1n) is 16.9. The van der Waals surface area contributed by atoms with Crippen molar-refractivity contribution in [1.29, 1.82) is 0 Å². The molecule has 0 radical (unpaired) electrons. The lowest BCUT2D eigenvalue weighted by atomic mass is 10.1. The van der Waals surface area contributed by atoms with Gasteiger partial charge in [-0.05, 0) is 34.3 Å². The highest BCUT2D eigenvalue weighted by molar-refractivity contribution is 6.84. The molecule has 3 N–H and O–H groups in total. The van der Waals surface area contributed by atoms with Gasteiger partial charge in [-0.2, -0.15) is 4.98 Å². The molecule has 3 aromatic rings. The number of H-pyrrole nitrogens is 1. The van der Waals surface area contributed by atoms with Crippen molar-refractivity contribution in [2.75, 3.05) is 12.3 Å². The normalized spacial score (nSPS) is 23.0. The van der Waals surface area contributed by atoms with Crippen LogP contribution in [0, 0.1) is 10.1 Å². The first-order valence-corrected chi connectivity index (χ1v) is 20.8. The van der Waals surface area contributed by atoms with Crippen molar-refractivity contribution in [2.45, 2.75) is 109 Å². The number of non-ortho nitro benzene ring substituents is 1. The van der Waals surface area contributed by atoms with Crippen LogP contribution in [0.5, 0.6) is 5.75 Å². The third-order valence-corrected chi connectivity index (χ3v) is 19.7. The molecule has 0 saturated carbocycles. The van der Waals surface area contributed by atoms with Crippen LogP contribution in [-0.2, 0) is 29.0 Å². The van der Waals surface area contributed by atoms with Crippen molar-refractivity contribution in [1.82, 2.24) is 19.1 Å². The Bertz CT molecular complexity index is 1890. The number of hydrogen-bond acceptors (Lipinski definition) is 13. The van der Waals surface area contributed by atoms with E-state index in [0.717, 1.165) is 4.57 Å². The number of rotatable bonds is 10. The third kappa shape index (κ3) is 6.80. The first kappa shape index (κ1) is 38.1. The first-order chi connectivity index (χ1) is 24.0. The molecule has 2 aliphatic rings. The largest absolute Gasteiger partial charge is 0.514 e. The summed E-state index contributed by atoms with van der Waals surface area (Å²) in [5.74, 6) is -0.277. The molecule has 0 bridgehead atoms. The highest BCUT2D eigenvalue weighted by Gasteiger charge is 2.63. The second-order valence-corrected chi connectivity index (χ2v) is 22.8. The predicted octanol–water partition coefficient (Wildman–Crippen LogP) is 5.00. The van der Waals surface area contributed by atoms with Gasteiger partial charge in [-0.25, -0.2) is 14.2 Å². The Morgan fingerprint density at radius 3 is 2.25 bits per heavy atom. The summed E-state index contributed by atoms with van der Waals surface area (Å²) in [4.78, 5) is 58.1. The van der Waals surface area contributed by atoms with E-state index in [4.69, 9.17) is 32.9 Å². The summed E-state index contributed by atoms with van der Waals surface area (Å²) in [5, 5.41) is 11.2. The Morgan fingerprint density at radius 2 is 1.71 bits per heavy atom. The average Bonchev–Trinajstić information content (AvgIpc) is 3.49. The summed E-state index contributed by atoms with van der Waals surface area (Å²) < 4.78 is 41.7. The van der Waals surface area contributed by atoms with E-state index in [0.29, 0.717) is 0 Å². The van der Waals surface area contributed by atoms with Crippen molar-refractivity contribution >= 4 is 46.1 Å². The second kappa shape index (κ2) is 14.5. The Kier molecular flexibility index (Phi) is 10.8. The van der Waals surface area contributed by atoms with Crippen molar-refractivity contribution in [2.24, 2.45) is 0 Å². The van der Waals surface area contributed by atoms with E-state index in [1.54, 1.807) is 0 Å². The van der Waals surface area contributed by atoms with Crippen molar-refractivity contribution in [3.05, 3.63) is 67.9 Å². The van der Waals surface area contributed by atoms with Gasteiger partial charge in [-0.1, -0.05) is 61.5 Å². The number of imidazole rings is 1. The number of carbonyl (C=O) groups excluding carboxylic acids is 1. The van der Waals surface area contributed by atoms with Crippen LogP contribution in [0.15, 0.2) is 46.5 Å². The third-order valence-electron chi connectivity index (χ3n) is 9.49. The lowest BCUT2D eigenvalue weighted by molar-refractivity contribution is -0.384. The quantitative estimate of drug-likeness (QED) is 0.0699. The molecule has 51 heavy (non-hydrogen) atoms. The Morgan fingerprint density at radius 1 is 1.10 bits per heavy atom. The number of hydrogen-bond donors (Lipinski definition) is 2. The van der Waals surface area contributed by atoms with Crippen LogP contribution in [0.3, 0.4) is 0 Å². The van der Waals surface area contributed by atoms with E-state index >= 15 is 0 Å². The molecule has 2 aromatic heterocycles. The van der Waals surface area contributed by atoms with Crippen LogP contribution in [0.25, 0.3) is 11.2 Å². The zero-order chi connectivity index (χ0) is 37.6. The molecule has 5 rings (SSSR count). The SMILES string of the molecule is C=CCn1c(=O)n(C2OC3CO[Si](C(C)C)(C(C)C)O[Si](C(C)C)(C(C)C)OC3C2OC(=O)Oc2ccc([N+](=O)[O-])cc2)c2nc(N)[nH]c(=O)c21. The van der Waals surface area contributed by atoms with Crippen molar-refractivity contribution in [3.63, 3.8) is 0 Å². The number of nitrogens with one attached hydrogen (secondary N) is 1. The molecule has 2 saturated heterocycles. The molecule has 0 aliphatic carbocycles. The van der Waals surface area contributed by atoms with E-state index in [1.165, 1.54) is 34.9 Å². The average molecular weight is 747 g/mol. The number of fused-ring (bicyclic) bond motifs is 2. The number of anilines is 1. The molecular weight excluding hydrogens is 701 g/mol. The van der Waals surface area contributed by atoms with Gasteiger partial charge in [0.05, 0.1) is 11.5 Å². The van der Waals surface area contributed by atoms with Gasteiger partial charge in [0.15, 0.2) is 23.5 Å². The summed E-state index contributed by atoms with van der Waals surface area (Å²) in [6.45, 7) is 20.1. The minimum atomic E-state index is -3.31. The number of ether oxygens (including phenoxy) is 3. The van der Waals surface area contributed by atoms with Gasteiger partial charge in [-0.3, -0.25) is 24.5 Å². The van der Waals surface area contributed by atoms with E-state index < -0.39 is 64.0 Å². The monoisotopic (exact) mass is 746 g/mol. The maximum atomic E-state index is 14.2. The molecule has 19 heteroatoms. The Labute approximate surface area is 296 Å². The molecule has 278 valence electrons. The van der Waals surface area contributed by atoms with Crippen molar-refractivity contribution < 1.29 is 36.9 Å². The Hall–Kier alpha value is -4.15. The molecule has 4 atom stereocenters. The lowest BCUT2D eigenvalue weighted by Gasteiger charge is -2.51. The predicted molar refractivity (Wildman–Crippen MR) is 191 cm³/mol. The van der Waals surface area contributed by atoms with Crippen LogP contribution in [0.1, 0.15) is 61.6 Å². The summed E-state index contributed by atoms with van der Waals surface area (Å²) in [7, 11) is -6.33. The smallest absolute Gasteiger partial charge is 0.423 e. The summed E-state index contributed by atoms with van der Waals surface area (Å²) in [6, 6.07) is 4.86. The van der Waals surface area contributed by atoms with Gasteiger partial charge in [0.1, 0.15) is 18.0 Å². The maximum absolute atomic E-state index is 14.2. The van der Waals surface area contributed by atoms with Crippen LogP contribution < -0.4 is 21.7 Å². The fourth-order valence-electron chi connectivity index (χ4n) is 7.05. The van der Waals surface area contributed by atoms with E-state index in [1.807, 2.05) is 27.7 Å². The van der Waals surface area contributed by atoms with Gasteiger partial charge >= 0.3 is 29.0 Å². The molecule has 4 heterocycles. The minimum absolute atomic E-state index is 0.0160. The molecular formula is C32H46N6O11Si2. The maximum Gasteiger partial charge on any atom is 0.514 e. The molecule has 0 spiro atoms. The number of aromatic amines is 1. The number of nitrogen functional groups attached to an aromatic ring is 1. The topological polar surface area (TPSA) is 214 Å². The lowest BCUT2D eigenvalue weighted by Crippen LogP contribution is -2.66. The number of nitro benzene ring substituents is 1. The van der Waals surface area contributed by atoms with Crippen LogP contribution >= 0.6 is 0 Å². The van der Waals surface area contributed by atoms with Gasteiger partial charge in [0.2, 0.25) is 5.95 Å². The highest BCUT2D eigenvalue weighted by Crippen LogP contribution is 2.49. The molecule has 1 aromatic carbocycles.